The van der Waals surface area contributed by atoms with Crippen molar-refractivity contribution in [3.05, 3.63) is 89.0 Å². The maximum atomic E-state index is 12.4. The molecule has 2 amide bonds. The van der Waals surface area contributed by atoms with Gasteiger partial charge in [-0.3, -0.25) is 9.59 Å². The van der Waals surface area contributed by atoms with E-state index in [9.17, 15) is 14.7 Å². The zero-order valence-electron chi connectivity index (χ0n) is 19.0. The summed E-state index contributed by atoms with van der Waals surface area (Å²) in [6, 6.07) is 19.2. The maximum Gasteiger partial charge on any atom is 0.271 e. The zero-order valence-corrected chi connectivity index (χ0v) is 19.0. The van der Waals surface area contributed by atoms with Gasteiger partial charge in [0.15, 0.2) is 0 Å². The van der Waals surface area contributed by atoms with Crippen LogP contribution in [0.3, 0.4) is 0 Å². The van der Waals surface area contributed by atoms with E-state index in [0.29, 0.717) is 22.4 Å². The van der Waals surface area contributed by atoms with Crippen LogP contribution in [-0.2, 0) is 0 Å². The van der Waals surface area contributed by atoms with Crippen LogP contribution < -0.4 is 15.6 Å². The second kappa shape index (κ2) is 10.9. The monoisotopic (exact) mass is 444 g/mol. The van der Waals surface area contributed by atoms with Crippen LogP contribution >= 0.6 is 0 Å². The Labute approximate surface area is 193 Å². The van der Waals surface area contributed by atoms with Gasteiger partial charge in [0, 0.05) is 47.2 Å². The average Bonchev–Trinajstić information content (AvgIpc) is 2.81. The normalized spacial score (nSPS) is 10.8. The van der Waals surface area contributed by atoms with Crippen molar-refractivity contribution < 1.29 is 14.7 Å². The molecule has 3 N–H and O–H groups in total. The average molecular weight is 445 g/mol. The third-order valence-corrected chi connectivity index (χ3v) is 5.20. The SMILES string of the molecule is CCN(CC)c1ccc(C=NNC(=O)c2ccc(NC(=O)c3cccc(C)c3)cc2)c(O)c1. The quantitative estimate of drug-likeness (QED) is 0.351. The van der Waals surface area contributed by atoms with Crippen LogP contribution in [0.5, 0.6) is 5.75 Å². The highest BCUT2D eigenvalue weighted by Gasteiger charge is 2.09. The Kier molecular flexibility index (Phi) is 7.81. The number of amides is 2. The van der Waals surface area contributed by atoms with E-state index in [1.165, 1.54) is 6.21 Å². The molecule has 170 valence electrons. The first-order chi connectivity index (χ1) is 15.9. The fourth-order valence-electron chi connectivity index (χ4n) is 3.35. The number of aryl methyl sites for hydroxylation is 1. The molecule has 0 aliphatic rings. The van der Waals surface area contributed by atoms with Crippen molar-refractivity contribution in [1.29, 1.82) is 0 Å². The van der Waals surface area contributed by atoms with Crippen molar-refractivity contribution in [2.75, 3.05) is 23.3 Å². The number of hydrogen-bond donors (Lipinski definition) is 3. The molecule has 0 aliphatic heterocycles. The van der Waals surface area contributed by atoms with E-state index in [0.717, 1.165) is 24.3 Å². The van der Waals surface area contributed by atoms with Crippen LogP contribution in [0.2, 0.25) is 0 Å². The molecule has 0 spiro atoms. The number of hydrazone groups is 1. The Balaban J connectivity index is 1.58. The number of carbonyl (C=O) groups is 2. The first kappa shape index (κ1) is 23.5. The summed E-state index contributed by atoms with van der Waals surface area (Å²) in [5.74, 6) is -0.527. The molecule has 0 fully saturated rings. The van der Waals surface area contributed by atoms with Crippen molar-refractivity contribution in [3.63, 3.8) is 0 Å². The largest absolute Gasteiger partial charge is 0.507 e. The number of nitrogens with zero attached hydrogens (tertiary/aromatic N) is 2. The summed E-state index contributed by atoms with van der Waals surface area (Å²) in [5.41, 5.74) is 6.42. The Morgan fingerprint density at radius 3 is 2.30 bits per heavy atom. The highest BCUT2D eigenvalue weighted by atomic mass is 16.3. The second-order valence-corrected chi connectivity index (χ2v) is 7.52. The lowest BCUT2D eigenvalue weighted by Crippen LogP contribution is -2.21. The first-order valence-electron chi connectivity index (χ1n) is 10.8. The smallest absolute Gasteiger partial charge is 0.271 e. The van der Waals surface area contributed by atoms with Gasteiger partial charge in [-0.1, -0.05) is 17.7 Å². The van der Waals surface area contributed by atoms with Crippen molar-refractivity contribution in [2.24, 2.45) is 5.10 Å². The predicted octanol–water partition coefficient (Wildman–Crippen LogP) is 4.56. The van der Waals surface area contributed by atoms with E-state index in [4.69, 9.17) is 0 Å². The summed E-state index contributed by atoms with van der Waals surface area (Å²) in [6.07, 6.45) is 1.40. The topological polar surface area (TPSA) is 94.0 Å². The van der Waals surface area contributed by atoms with Crippen LogP contribution in [0.1, 0.15) is 45.7 Å². The summed E-state index contributed by atoms with van der Waals surface area (Å²) in [6.45, 7) is 7.71. The molecule has 7 heteroatoms. The zero-order chi connectivity index (χ0) is 23.8. The molecular formula is C26H28N4O3. The highest BCUT2D eigenvalue weighted by Crippen LogP contribution is 2.23. The fraction of sp³-hybridized carbons (Fsp3) is 0.192. The second-order valence-electron chi connectivity index (χ2n) is 7.52. The molecule has 0 radical (unpaired) electrons. The standard InChI is InChI=1S/C26H28N4O3/c1-4-30(5-2)23-14-11-21(24(31)16-23)17-27-29-26(33)19-9-12-22(13-10-19)28-25(32)20-8-6-7-18(3)15-20/h6-17,31H,4-5H2,1-3H3,(H,28,32)(H,29,33). The van der Waals surface area contributed by atoms with Crippen molar-refractivity contribution in [3.8, 4) is 5.75 Å². The van der Waals surface area contributed by atoms with Gasteiger partial charge in [-0.05, 0) is 69.3 Å². The number of carbonyl (C=O) groups excluding carboxylic acids is 2. The van der Waals surface area contributed by atoms with Gasteiger partial charge in [0.2, 0.25) is 0 Å². The summed E-state index contributed by atoms with van der Waals surface area (Å²) >= 11 is 0. The van der Waals surface area contributed by atoms with Crippen LogP contribution in [0.25, 0.3) is 0 Å². The third kappa shape index (κ3) is 6.20. The summed E-state index contributed by atoms with van der Waals surface area (Å²) in [7, 11) is 0. The van der Waals surface area contributed by atoms with Gasteiger partial charge in [-0.25, -0.2) is 5.43 Å². The molecule has 0 heterocycles. The van der Waals surface area contributed by atoms with Crippen molar-refractivity contribution in [2.45, 2.75) is 20.8 Å². The highest BCUT2D eigenvalue weighted by molar-refractivity contribution is 6.04. The Bertz CT molecular complexity index is 1150. The molecule has 0 atom stereocenters. The number of nitrogens with one attached hydrogen (secondary N) is 2. The van der Waals surface area contributed by atoms with E-state index in [-0.39, 0.29) is 11.7 Å². The maximum absolute atomic E-state index is 12.4. The molecule has 0 bridgehead atoms. The van der Waals surface area contributed by atoms with Gasteiger partial charge in [-0.15, -0.1) is 0 Å². The summed E-state index contributed by atoms with van der Waals surface area (Å²) in [4.78, 5) is 26.8. The van der Waals surface area contributed by atoms with Crippen LogP contribution in [0.4, 0.5) is 11.4 Å². The van der Waals surface area contributed by atoms with E-state index in [1.807, 2.05) is 31.2 Å². The van der Waals surface area contributed by atoms with Gasteiger partial charge < -0.3 is 15.3 Å². The molecule has 0 unspecified atom stereocenters. The number of phenolic OH excluding ortho intramolecular Hbond substituents is 1. The number of rotatable bonds is 8. The molecule has 3 aromatic rings. The minimum atomic E-state index is -0.401. The Morgan fingerprint density at radius 2 is 1.67 bits per heavy atom. The van der Waals surface area contributed by atoms with Gasteiger partial charge >= 0.3 is 0 Å². The molecule has 0 saturated heterocycles. The van der Waals surface area contributed by atoms with Crippen LogP contribution in [-0.4, -0.2) is 36.2 Å². The predicted molar refractivity (Wildman–Crippen MR) is 132 cm³/mol. The number of anilines is 2. The summed E-state index contributed by atoms with van der Waals surface area (Å²) in [5, 5.41) is 17.0. The van der Waals surface area contributed by atoms with Gasteiger partial charge in [0.05, 0.1) is 6.21 Å². The number of benzene rings is 3. The number of hydrogen-bond acceptors (Lipinski definition) is 5. The van der Waals surface area contributed by atoms with E-state index >= 15 is 0 Å². The molecular weight excluding hydrogens is 416 g/mol. The summed E-state index contributed by atoms with van der Waals surface area (Å²) < 4.78 is 0. The van der Waals surface area contributed by atoms with Gasteiger partial charge in [-0.2, -0.15) is 5.10 Å². The Morgan fingerprint density at radius 1 is 0.939 bits per heavy atom. The van der Waals surface area contributed by atoms with Crippen molar-refractivity contribution in [1.82, 2.24) is 5.43 Å². The van der Waals surface area contributed by atoms with Gasteiger partial charge in [0.25, 0.3) is 11.8 Å². The Hall–Kier alpha value is -4.13. The number of aromatic hydroxyl groups is 1. The molecule has 3 aromatic carbocycles. The molecule has 0 aliphatic carbocycles. The minimum absolute atomic E-state index is 0.0890. The lowest BCUT2D eigenvalue weighted by atomic mass is 10.1. The van der Waals surface area contributed by atoms with E-state index in [2.05, 4.69) is 34.6 Å². The molecule has 7 nitrogen and oxygen atoms in total. The molecule has 0 aromatic heterocycles. The van der Waals surface area contributed by atoms with Crippen LogP contribution in [0, 0.1) is 6.92 Å². The molecule has 33 heavy (non-hydrogen) atoms. The van der Waals surface area contributed by atoms with Crippen LogP contribution in [0.15, 0.2) is 71.8 Å². The minimum Gasteiger partial charge on any atom is -0.507 e. The van der Waals surface area contributed by atoms with Gasteiger partial charge in [0.1, 0.15) is 5.75 Å². The lowest BCUT2D eigenvalue weighted by molar-refractivity contribution is 0.0954. The van der Waals surface area contributed by atoms with Crippen molar-refractivity contribution >= 4 is 29.4 Å². The number of phenols is 1. The lowest BCUT2D eigenvalue weighted by Gasteiger charge is -2.21. The van der Waals surface area contributed by atoms with E-state index in [1.54, 1.807) is 42.5 Å². The molecule has 3 rings (SSSR count). The fourth-order valence-corrected chi connectivity index (χ4v) is 3.35. The third-order valence-electron chi connectivity index (χ3n) is 5.20. The first-order valence-corrected chi connectivity index (χ1v) is 10.8. The molecule has 0 saturated carbocycles. The van der Waals surface area contributed by atoms with E-state index < -0.39 is 5.91 Å².